The first-order valence-corrected chi connectivity index (χ1v) is 23.3. The van der Waals surface area contributed by atoms with Gasteiger partial charge in [0.1, 0.15) is 0 Å². The van der Waals surface area contributed by atoms with E-state index in [1.54, 1.807) is 50.5 Å². The van der Waals surface area contributed by atoms with Crippen LogP contribution in [0.3, 0.4) is 0 Å². The van der Waals surface area contributed by atoms with Crippen LogP contribution in [0.5, 0.6) is 0 Å². The van der Waals surface area contributed by atoms with Gasteiger partial charge in [-0.2, -0.15) is 0 Å². The molecule has 0 aromatic heterocycles. The maximum atomic E-state index is 2.92. The number of benzene rings is 1. The van der Waals surface area contributed by atoms with E-state index in [0.717, 1.165) is 46.6 Å². The van der Waals surface area contributed by atoms with Gasteiger partial charge in [-0.15, -0.1) is 0 Å². The molecule has 5 aliphatic rings. The molecule has 1 aromatic rings. The van der Waals surface area contributed by atoms with Crippen LogP contribution >= 0.6 is 0 Å². The van der Waals surface area contributed by atoms with E-state index in [0.29, 0.717) is 5.92 Å². The molecule has 0 amide bonds. The van der Waals surface area contributed by atoms with Gasteiger partial charge in [0.05, 0.1) is 0 Å². The van der Waals surface area contributed by atoms with Crippen molar-refractivity contribution in [2.75, 3.05) is 0 Å². The van der Waals surface area contributed by atoms with Crippen molar-refractivity contribution >= 4 is 21.3 Å². The number of rotatable bonds is 7. The Morgan fingerprint density at radius 3 is 2.22 bits per heavy atom. The summed E-state index contributed by atoms with van der Waals surface area (Å²) in [6.45, 7) is 14.0. The SMILES string of the molecule is CCCCC1CCC([Si](C)(C)[Si](C)(C)C2CCC3C2CC2CCCC2C3C2C=Cc3ccccc32)C1.[CH3-].[CH3-].[CH3-].[CH3-].[Zr+4]. The van der Waals surface area contributed by atoms with Gasteiger partial charge in [-0.05, 0) is 77.0 Å². The first-order chi connectivity index (χ1) is 17.3. The third kappa shape index (κ3) is 6.78. The average Bonchev–Trinajstić information content (AvgIpc) is 3.66. The van der Waals surface area contributed by atoms with Gasteiger partial charge in [0, 0.05) is 21.1 Å². The first-order valence-electron chi connectivity index (χ1n) is 16.1. The molecule has 1 aromatic carbocycles. The third-order valence-electron chi connectivity index (χ3n) is 13.5. The largest absolute Gasteiger partial charge is 4.00 e. The molecule has 0 aliphatic heterocycles. The van der Waals surface area contributed by atoms with Crippen LogP contribution in [0.1, 0.15) is 101 Å². The summed E-state index contributed by atoms with van der Waals surface area (Å²) in [5.74, 6) is 6.82. The van der Waals surface area contributed by atoms with Crippen LogP contribution in [0, 0.1) is 65.2 Å². The van der Waals surface area contributed by atoms with Crippen molar-refractivity contribution in [3.63, 3.8) is 0 Å². The van der Waals surface area contributed by atoms with Gasteiger partial charge in [-0.1, -0.05) is 127 Å². The summed E-state index contributed by atoms with van der Waals surface area (Å²) in [5.41, 5.74) is 5.44. The smallest absolute Gasteiger partial charge is 0.358 e. The Bertz CT molecular complexity index is 967. The summed E-state index contributed by atoms with van der Waals surface area (Å²) in [5, 5.41) is 0. The molecule has 5 aliphatic carbocycles. The second-order valence-electron chi connectivity index (χ2n) is 15.2. The van der Waals surface area contributed by atoms with E-state index in [1.807, 2.05) is 0 Å². The molecular formula is C38H66Si2Zr. The predicted octanol–water partition coefficient (Wildman–Crippen LogP) is 12.3. The summed E-state index contributed by atoms with van der Waals surface area (Å²) in [6, 6.07) is 9.40. The van der Waals surface area contributed by atoms with Gasteiger partial charge < -0.3 is 29.7 Å². The molecule has 4 saturated carbocycles. The maximum Gasteiger partial charge on any atom is 4.00 e. The van der Waals surface area contributed by atoms with Crippen LogP contribution in [0.4, 0.5) is 0 Å². The molecule has 0 saturated heterocycles. The molecule has 0 bridgehead atoms. The number of allylic oxidation sites excluding steroid dienone is 1. The van der Waals surface area contributed by atoms with Crippen LogP contribution < -0.4 is 0 Å². The molecule has 6 rings (SSSR count). The third-order valence-corrected chi connectivity index (χ3v) is 34.3. The normalized spacial score (nSPS) is 35.0. The quantitative estimate of drug-likeness (QED) is 0.200. The Hall–Kier alpha value is 0.277. The van der Waals surface area contributed by atoms with Crippen LogP contribution in [-0.4, -0.2) is 15.2 Å². The minimum Gasteiger partial charge on any atom is -0.358 e. The van der Waals surface area contributed by atoms with Crippen molar-refractivity contribution in [2.45, 2.75) is 127 Å². The molecule has 41 heavy (non-hydrogen) atoms. The van der Waals surface area contributed by atoms with E-state index >= 15 is 0 Å². The first kappa shape index (κ1) is 39.3. The molecule has 9 unspecified atom stereocenters. The summed E-state index contributed by atoms with van der Waals surface area (Å²) >= 11 is 0. The number of fused-ring (bicyclic) bond motifs is 3. The zero-order valence-corrected chi connectivity index (χ0v) is 33.1. The van der Waals surface area contributed by atoms with E-state index in [1.165, 1.54) is 37.7 Å². The summed E-state index contributed by atoms with van der Waals surface area (Å²) < 4.78 is 0. The van der Waals surface area contributed by atoms with Crippen molar-refractivity contribution in [3.8, 4) is 0 Å². The zero-order valence-electron chi connectivity index (χ0n) is 28.6. The molecule has 9 atom stereocenters. The molecule has 230 valence electrons. The number of hydrogen-bond donors (Lipinski definition) is 0. The average molecular weight is 670 g/mol. The summed E-state index contributed by atoms with van der Waals surface area (Å²) in [4.78, 5) is 0. The standard InChI is InChI=1S/C34H54Si2.4CH3.Zr/c1-6-7-11-24-16-18-27(22-24)35(2,3)36(4,5)33-21-20-31-32(33)23-26-13-10-15-29(26)34(31)30-19-17-25-12-8-9-14-28(25)30;;;;;/h8-9,12,14,17,19,24,26-27,29-34H,6-7,10-11,13,15-16,18,20-23H2,1-5H3;4*1H3;/q;4*-1;+4. The Balaban J connectivity index is 0.00000168. The monoisotopic (exact) mass is 668 g/mol. The van der Waals surface area contributed by atoms with Gasteiger partial charge in [0.25, 0.3) is 0 Å². The van der Waals surface area contributed by atoms with Crippen molar-refractivity contribution in [1.82, 2.24) is 0 Å². The molecule has 0 N–H and O–H groups in total. The van der Waals surface area contributed by atoms with Crippen LogP contribution in [0.15, 0.2) is 30.3 Å². The number of unbranched alkanes of at least 4 members (excludes halogenated alkanes) is 1. The second kappa shape index (κ2) is 15.5. The van der Waals surface area contributed by atoms with E-state index in [4.69, 9.17) is 0 Å². The Labute approximate surface area is 279 Å². The fourth-order valence-corrected chi connectivity index (χ4v) is 25.0. The molecule has 0 heterocycles. The van der Waals surface area contributed by atoms with Gasteiger partial charge in [0.15, 0.2) is 0 Å². The zero-order chi connectivity index (χ0) is 25.1. The number of hydrogen-bond acceptors (Lipinski definition) is 0. The van der Waals surface area contributed by atoms with Crippen LogP contribution in [0.25, 0.3) is 6.08 Å². The summed E-state index contributed by atoms with van der Waals surface area (Å²) in [7, 11) is -2.54. The molecule has 3 heteroatoms. The fraction of sp³-hybridized carbons (Fsp3) is 0.684. The molecule has 4 fully saturated rings. The second-order valence-corrected chi connectivity index (χ2v) is 31.3. The van der Waals surface area contributed by atoms with Gasteiger partial charge in [-0.3, -0.25) is 0 Å². The Kier molecular flexibility index (Phi) is 14.9. The van der Waals surface area contributed by atoms with Gasteiger partial charge >= 0.3 is 26.2 Å². The van der Waals surface area contributed by atoms with E-state index in [2.05, 4.69) is 69.5 Å². The molecule has 0 nitrogen and oxygen atoms in total. The molecular weight excluding hydrogens is 604 g/mol. The maximum absolute atomic E-state index is 2.92. The minimum absolute atomic E-state index is 0. The minimum atomic E-state index is -1.30. The fourth-order valence-electron chi connectivity index (χ4n) is 11.0. The molecule has 0 radical (unpaired) electrons. The van der Waals surface area contributed by atoms with Crippen molar-refractivity contribution in [1.29, 1.82) is 0 Å². The topological polar surface area (TPSA) is 0 Å². The van der Waals surface area contributed by atoms with Crippen molar-refractivity contribution < 1.29 is 26.2 Å². The van der Waals surface area contributed by atoms with Crippen LogP contribution in [-0.2, 0) is 26.2 Å². The van der Waals surface area contributed by atoms with Gasteiger partial charge in [-0.25, -0.2) is 0 Å². The van der Waals surface area contributed by atoms with E-state index in [-0.39, 0.29) is 55.9 Å². The Morgan fingerprint density at radius 1 is 0.756 bits per heavy atom. The van der Waals surface area contributed by atoms with E-state index in [9.17, 15) is 0 Å². The van der Waals surface area contributed by atoms with Crippen LogP contribution in [0.2, 0.25) is 37.3 Å². The summed E-state index contributed by atoms with van der Waals surface area (Å²) in [6.07, 6.45) is 23.6. The van der Waals surface area contributed by atoms with Crippen molar-refractivity contribution in [2.24, 2.45) is 35.5 Å². The van der Waals surface area contributed by atoms with Crippen molar-refractivity contribution in [3.05, 3.63) is 71.2 Å². The van der Waals surface area contributed by atoms with Gasteiger partial charge in [0.2, 0.25) is 0 Å². The molecule has 0 spiro atoms. The van der Waals surface area contributed by atoms with E-state index < -0.39 is 15.2 Å². The predicted molar refractivity (Wildman–Crippen MR) is 188 cm³/mol. The Morgan fingerprint density at radius 2 is 1.49 bits per heavy atom.